The van der Waals surface area contributed by atoms with Crippen LogP contribution in [0.2, 0.25) is 0 Å². The molecule has 0 aromatic carbocycles. The average Bonchev–Trinajstić information content (AvgIpc) is 2.38. The van der Waals surface area contributed by atoms with E-state index in [4.69, 9.17) is 9.84 Å². The Hall–Kier alpha value is -1.30. The summed E-state index contributed by atoms with van der Waals surface area (Å²) in [5, 5.41) is 14.4. The summed E-state index contributed by atoms with van der Waals surface area (Å²) in [6.45, 7) is 4.97. The standard InChI is InChI=1S/C14H28N2O4/c1-11(13(17)18)7-6-8-12(2)16-14(19)15-9-4-5-10-20-3/h11-12H,4-10H2,1-3H3,(H,17,18)(H2,15,16,19). The van der Waals surface area contributed by atoms with Gasteiger partial charge >= 0.3 is 12.0 Å². The van der Waals surface area contributed by atoms with Gasteiger partial charge in [-0.25, -0.2) is 4.79 Å². The van der Waals surface area contributed by atoms with Gasteiger partial charge in [0.1, 0.15) is 0 Å². The van der Waals surface area contributed by atoms with Crippen molar-refractivity contribution >= 4 is 12.0 Å². The highest BCUT2D eigenvalue weighted by molar-refractivity contribution is 5.74. The van der Waals surface area contributed by atoms with Crippen LogP contribution in [0.1, 0.15) is 46.0 Å². The fourth-order valence-corrected chi connectivity index (χ4v) is 1.77. The number of unbranched alkanes of at least 4 members (excludes halogenated alkanes) is 1. The number of nitrogens with one attached hydrogen (secondary N) is 2. The largest absolute Gasteiger partial charge is 0.481 e. The van der Waals surface area contributed by atoms with E-state index in [9.17, 15) is 9.59 Å². The molecule has 118 valence electrons. The molecule has 0 fully saturated rings. The van der Waals surface area contributed by atoms with Crippen molar-refractivity contribution in [1.29, 1.82) is 0 Å². The van der Waals surface area contributed by atoms with E-state index >= 15 is 0 Å². The number of carbonyl (C=O) groups excluding carboxylic acids is 1. The number of methoxy groups -OCH3 is 1. The predicted octanol–water partition coefficient (Wildman–Crippen LogP) is 1.99. The van der Waals surface area contributed by atoms with E-state index in [1.54, 1.807) is 14.0 Å². The zero-order chi connectivity index (χ0) is 15.4. The highest BCUT2D eigenvalue weighted by Gasteiger charge is 2.12. The minimum Gasteiger partial charge on any atom is -0.481 e. The lowest BCUT2D eigenvalue weighted by molar-refractivity contribution is -0.141. The number of hydrogen-bond acceptors (Lipinski definition) is 3. The summed E-state index contributed by atoms with van der Waals surface area (Å²) in [5.74, 6) is -1.09. The Bertz CT molecular complexity index is 284. The molecule has 0 aliphatic carbocycles. The fourth-order valence-electron chi connectivity index (χ4n) is 1.77. The first kappa shape index (κ1) is 18.7. The molecule has 6 heteroatoms. The van der Waals surface area contributed by atoms with Crippen LogP contribution in [0.15, 0.2) is 0 Å². The lowest BCUT2D eigenvalue weighted by atomic mass is 10.0. The Morgan fingerprint density at radius 2 is 1.85 bits per heavy atom. The summed E-state index contributed by atoms with van der Waals surface area (Å²) in [5.41, 5.74) is 0. The second-order valence-corrected chi connectivity index (χ2v) is 5.17. The summed E-state index contributed by atoms with van der Waals surface area (Å²) in [7, 11) is 1.66. The van der Waals surface area contributed by atoms with Gasteiger partial charge in [0.15, 0.2) is 0 Å². The van der Waals surface area contributed by atoms with Crippen molar-refractivity contribution in [3.63, 3.8) is 0 Å². The summed E-state index contributed by atoms with van der Waals surface area (Å²) in [6, 6.07) is -0.115. The van der Waals surface area contributed by atoms with Gasteiger partial charge in [-0.15, -0.1) is 0 Å². The first-order chi connectivity index (χ1) is 9.47. The quantitative estimate of drug-likeness (QED) is 0.507. The Morgan fingerprint density at radius 1 is 1.15 bits per heavy atom. The number of carbonyl (C=O) groups is 2. The minimum atomic E-state index is -0.764. The Balaban J connectivity index is 3.57. The van der Waals surface area contributed by atoms with Gasteiger partial charge < -0.3 is 20.5 Å². The van der Waals surface area contributed by atoms with Crippen LogP contribution >= 0.6 is 0 Å². The molecule has 0 saturated carbocycles. The molecule has 0 aromatic heterocycles. The second-order valence-electron chi connectivity index (χ2n) is 5.17. The SMILES string of the molecule is COCCCCNC(=O)NC(C)CCCC(C)C(=O)O. The van der Waals surface area contributed by atoms with Crippen LogP contribution in [-0.4, -0.2) is 43.4 Å². The van der Waals surface area contributed by atoms with E-state index in [0.29, 0.717) is 19.6 Å². The predicted molar refractivity (Wildman–Crippen MR) is 77.8 cm³/mol. The lowest BCUT2D eigenvalue weighted by Crippen LogP contribution is -2.41. The van der Waals surface area contributed by atoms with E-state index in [-0.39, 0.29) is 18.0 Å². The van der Waals surface area contributed by atoms with Crippen molar-refractivity contribution in [2.75, 3.05) is 20.3 Å². The van der Waals surface area contributed by atoms with Crippen LogP contribution in [0, 0.1) is 5.92 Å². The maximum absolute atomic E-state index is 11.5. The fraction of sp³-hybridized carbons (Fsp3) is 0.857. The minimum absolute atomic E-state index is 0.0509. The first-order valence-corrected chi connectivity index (χ1v) is 7.23. The number of carboxylic acid groups (broad SMARTS) is 1. The third-order valence-corrected chi connectivity index (χ3v) is 3.13. The van der Waals surface area contributed by atoms with Gasteiger partial charge in [-0.2, -0.15) is 0 Å². The molecule has 0 saturated heterocycles. The molecular formula is C14H28N2O4. The van der Waals surface area contributed by atoms with E-state index in [0.717, 1.165) is 25.7 Å². The molecule has 20 heavy (non-hydrogen) atoms. The molecule has 2 unspecified atom stereocenters. The molecule has 3 N–H and O–H groups in total. The maximum atomic E-state index is 11.5. The van der Waals surface area contributed by atoms with Crippen molar-refractivity contribution < 1.29 is 19.4 Å². The number of ether oxygens (including phenoxy) is 1. The average molecular weight is 288 g/mol. The molecule has 0 rings (SSSR count). The van der Waals surface area contributed by atoms with Crippen molar-refractivity contribution in [2.24, 2.45) is 5.92 Å². The molecule has 2 amide bonds. The van der Waals surface area contributed by atoms with E-state index in [2.05, 4.69) is 10.6 Å². The number of hydrogen-bond donors (Lipinski definition) is 3. The molecule has 0 radical (unpaired) electrons. The molecular weight excluding hydrogens is 260 g/mol. The number of aliphatic carboxylic acids is 1. The monoisotopic (exact) mass is 288 g/mol. The number of amides is 2. The van der Waals surface area contributed by atoms with Crippen molar-refractivity contribution in [2.45, 2.75) is 52.0 Å². The van der Waals surface area contributed by atoms with Gasteiger partial charge in [-0.1, -0.05) is 13.3 Å². The number of rotatable bonds is 11. The molecule has 0 aliphatic rings. The summed E-state index contributed by atoms with van der Waals surface area (Å²) in [4.78, 5) is 22.2. The number of urea groups is 1. The van der Waals surface area contributed by atoms with Gasteiger partial charge in [-0.3, -0.25) is 4.79 Å². The Morgan fingerprint density at radius 3 is 2.45 bits per heavy atom. The van der Waals surface area contributed by atoms with E-state index < -0.39 is 5.97 Å². The van der Waals surface area contributed by atoms with Crippen LogP contribution in [0.4, 0.5) is 4.79 Å². The maximum Gasteiger partial charge on any atom is 0.314 e. The van der Waals surface area contributed by atoms with Crippen molar-refractivity contribution in [3.8, 4) is 0 Å². The molecule has 0 spiro atoms. The normalized spacial score (nSPS) is 13.6. The molecule has 0 bridgehead atoms. The molecule has 2 atom stereocenters. The second kappa shape index (κ2) is 11.5. The summed E-state index contributed by atoms with van der Waals surface area (Å²) in [6.07, 6.45) is 4.04. The zero-order valence-corrected chi connectivity index (χ0v) is 12.8. The van der Waals surface area contributed by atoms with E-state index in [1.807, 2.05) is 6.92 Å². The van der Waals surface area contributed by atoms with Crippen LogP contribution < -0.4 is 10.6 Å². The third kappa shape index (κ3) is 10.6. The molecule has 0 heterocycles. The highest BCUT2D eigenvalue weighted by atomic mass is 16.5. The first-order valence-electron chi connectivity index (χ1n) is 7.23. The van der Waals surface area contributed by atoms with Gasteiger partial charge in [0.2, 0.25) is 0 Å². The smallest absolute Gasteiger partial charge is 0.314 e. The van der Waals surface area contributed by atoms with Crippen molar-refractivity contribution in [3.05, 3.63) is 0 Å². The Kier molecular flexibility index (Phi) is 10.8. The van der Waals surface area contributed by atoms with Gasteiger partial charge in [0.05, 0.1) is 5.92 Å². The van der Waals surface area contributed by atoms with E-state index in [1.165, 1.54) is 0 Å². The summed E-state index contributed by atoms with van der Waals surface area (Å²) >= 11 is 0. The van der Waals surface area contributed by atoms with Crippen LogP contribution in [0.3, 0.4) is 0 Å². The Labute approximate surface area is 121 Å². The van der Waals surface area contributed by atoms with Gasteiger partial charge in [-0.05, 0) is 32.6 Å². The molecule has 6 nitrogen and oxygen atoms in total. The molecule has 0 aliphatic heterocycles. The van der Waals surface area contributed by atoms with Crippen molar-refractivity contribution in [1.82, 2.24) is 10.6 Å². The lowest BCUT2D eigenvalue weighted by Gasteiger charge is -2.15. The van der Waals surface area contributed by atoms with Gasteiger partial charge in [0.25, 0.3) is 0 Å². The number of carboxylic acids is 1. The van der Waals surface area contributed by atoms with Gasteiger partial charge in [0, 0.05) is 26.3 Å². The van der Waals surface area contributed by atoms with Crippen LogP contribution in [0.25, 0.3) is 0 Å². The van der Waals surface area contributed by atoms with Crippen LogP contribution in [0.5, 0.6) is 0 Å². The topological polar surface area (TPSA) is 87.7 Å². The highest BCUT2D eigenvalue weighted by Crippen LogP contribution is 2.09. The molecule has 0 aromatic rings. The third-order valence-electron chi connectivity index (χ3n) is 3.13. The van der Waals surface area contributed by atoms with Crippen LogP contribution in [-0.2, 0) is 9.53 Å². The zero-order valence-electron chi connectivity index (χ0n) is 12.8. The summed E-state index contributed by atoms with van der Waals surface area (Å²) < 4.78 is 4.92.